The second-order valence-electron chi connectivity index (χ2n) is 4.95. The van der Waals surface area contributed by atoms with Gasteiger partial charge in [0, 0.05) is 22.0 Å². The molecule has 4 heteroatoms. The number of hydrogen-bond acceptors (Lipinski definition) is 3. The highest BCUT2D eigenvalue weighted by atomic mass is 79.9. The normalized spacial score (nSPS) is 27.8. The van der Waals surface area contributed by atoms with Gasteiger partial charge in [-0.3, -0.25) is 14.8 Å². The number of halogens is 1. The lowest BCUT2D eigenvalue weighted by atomic mass is 9.87. The first-order valence-electron chi connectivity index (χ1n) is 6.51. The Morgan fingerprint density at radius 2 is 1.94 bits per heavy atom. The summed E-state index contributed by atoms with van der Waals surface area (Å²) in [5.41, 5.74) is 2.75. The molecule has 0 aromatic rings. The summed E-state index contributed by atoms with van der Waals surface area (Å²) in [6.07, 6.45) is 10.1. The highest BCUT2D eigenvalue weighted by Gasteiger charge is 2.33. The summed E-state index contributed by atoms with van der Waals surface area (Å²) in [4.78, 5) is 21.5. The Bertz CT molecular complexity index is 514. The molecule has 0 bridgehead atoms. The second-order valence-corrected chi connectivity index (χ2v) is 5.87. The fraction of sp³-hybridized carbons (Fsp3) is 0.500. The first-order valence-corrected chi connectivity index (χ1v) is 7.30. The van der Waals surface area contributed by atoms with Crippen LogP contribution in [0.15, 0.2) is 31.8 Å². The van der Waals surface area contributed by atoms with E-state index in [0.717, 1.165) is 47.1 Å². The smallest absolute Gasteiger partial charge is 0.191 e. The van der Waals surface area contributed by atoms with Crippen molar-refractivity contribution < 1.29 is 4.79 Å². The minimum Gasteiger partial charge on any atom is -0.292 e. The number of Topliss-reactive ketones (excluding diaryl/α,β-unsaturated/α-hetero) is 1. The van der Waals surface area contributed by atoms with E-state index in [1.165, 1.54) is 12.8 Å². The van der Waals surface area contributed by atoms with Gasteiger partial charge in [-0.2, -0.15) is 0 Å². The molecule has 3 rings (SSSR count). The van der Waals surface area contributed by atoms with E-state index in [1.54, 1.807) is 6.21 Å². The van der Waals surface area contributed by atoms with Crippen molar-refractivity contribution in [3.05, 3.63) is 21.8 Å². The highest BCUT2D eigenvalue weighted by Crippen LogP contribution is 2.31. The Morgan fingerprint density at radius 3 is 2.78 bits per heavy atom. The van der Waals surface area contributed by atoms with Crippen LogP contribution in [0.25, 0.3) is 0 Å². The number of carbonyl (C=O) groups excluding carboxylic acids is 1. The van der Waals surface area contributed by atoms with E-state index in [4.69, 9.17) is 0 Å². The molecule has 1 atom stereocenters. The van der Waals surface area contributed by atoms with Gasteiger partial charge in [0.15, 0.2) is 11.8 Å². The van der Waals surface area contributed by atoms with Crippen molar-refractivity contribution >= 4 is 33.6 Å². The molecule has 0 saturated carbocycles. The van der Waals surface area contributed by atoms with Gasteiger partial charge in [0.2, 0.25) is 0 Å². The van der Waals surface area contributed by atoms with Crippen LogP contribution in [0.4, 0.5) is 0 Å². The Labute approximate surface area is 115 Å². The fourth-order valence-corrected chi connectivity index (χ4v) is 3.08. The van der Waals surface area contributed by atoms with Gasteiger partial charge in [-0.15, -0.1) is 0 Å². The maximum atomic E-state index is 12.5. The fourth-order valence-electron chi connectivity index (χ4n) is 2.73. The van der Waals surface area contributed by atoms with Crippen molar-refractivity contribution in [1.82, 2.24) is 0 Å². The van der Waals surface area contributed by atoms with Crippen LogP contribution in [0.2, 0.25) is 0 Å². The van der Waals surface area contributed by atoms with Crippen molar-refractivity contribution in [1.29, 1.82) is 0 Å². The molecule has 0 spiro atoms. The summed E-state index contributed by atoms with van der Waals surface area (Å²) in [6.45, 7) is 0. The van der Waals surface area contributed by atoms with Gasteiger partial charge in [0.05, 0.1) is 5.71 Å². The van der Waals surface area contributed by atoms with Crippen LogP contribution in [0.5, 0.6) is 0 Å². The zero-order valence-corrected chi connectivity index (χ0v) is 11.7. The molecule has 0 radical (unpaired) electrons. The Balaban J connectivity index is 2.01. The van der Waals surface area contributed by atoms with E-state index >= 15 is 0 Å². The molecule has 2 aliphatic heterocycles. The largest absolute Gasteiger partial charge is 0.292 e. The number of fused-ring (bicyclic) bond motifs is 1. The molecule has 94 valence electrons. The topological polar surface area (TPSA) is 41.8 Å². The van der Waals surface area contributed by atoms with E-state index in [9.17, 15) is 4.79 Å². The van der Waals surface area contributed by atoms with Gasteiger partial charge >= 0.3 is 0 Å². The molecule has 1 aliphatic carbocycles. The number of aliphatic imine (C=N–C) groups is 2. The van der Waals surface area contributed by atoms with Gasteiger partial charge in [-0.25, -0.2) is 0 Å². The van der Waals surface area contributed by atoms with Crippen molar-refractivity contribution in [3.63, 3.8) is 0 Å². The van der Waals surface area contributed by atoms with Crippen LogP contribution >= 0.6 is 15.9 Å². The molecular weight excluding hydrogens is 292 g/mol. The molecule has 0 aromatic carbocycles. The summed E-state index contributed by atoms with van der Waals surface area (Å²) in [5.74, 6) is 0.171. The Kier molecular flexibility index (Phi) is 3.29. The molecule has 2 heterocycles. The molecule has 18 heavy (non-hydrogen) atoms. The zero-order valence-electron chi connectivity index (χ0n) is 10.2. The third kappa shape index (κ3) is 2.14. The number of dihydropyridines is 1. The average Bonchev–Trinajstić information content (AvgIpc) is 2.31. The third-order valence-corrected chi connectivity index (χ3v) is 4.10. The van der Waals surface area contributed by atoms with Crippen molar-refractivity contribution in [2.45, 2.75) is 44.6 Å². The Hall–Kier alpha value is -1.03. The lowest BCUT2D eigenvalue weighted by Crippen LogP contribution is -2.34. The summed E-state index contributed by atoms with van der Waals surface area (Å²) in [7, 11) is 0. The van der Waals surface area contributed by atoms with Gasteiger partial charge in [-0.1, -0.05) is 12.8 Å². The quantitative estimate of drug-likeness (QED) is 0.676. The molecule has 3 aliphatic rings. The summed E-state index contributed by atoms with van der Waals surface area (Å²) >= 11 is 3.39. The first kappa shape index (κ1) is 12.0. The van der Waals surface area contributed by atoms with Gasteiger partial charge in [0.25, 0.3) is 0 Å². The predicted octanol–water partition coefficient (Wildman–Crippen LogP) is 3.35. The molecule has 0 unspecified atom stereocenters. The van der Waals surface area contributed by atoms with Crippen LogP contribution in [-0.4, -0.2) is 23.8 Å². The van der Waals surface area contributed by atoms with E-state index < -0.39 is 0 Å². The molecule has 0 N–H and O–H groups in total. The van der Waals surface area contributed by atoms with Crippen molar-refractivity contribution in [2.24, 2.45) is 9.98 Å². The standard InChI is InChI=1S/C14H15BrN2O/c15-9-7-12-13(16-8-9)14(18)10-5-3-1-2-4-6-11(10)17-12/h7-8,13H,1-6H2/t13-/m0/s1. The van der Waals surface area contributed by atoms with Crippen LogP contribution in [0, 0.1) is 0 Å². The number of rotatable bonds is 0. The maximum Gasteiger partial charge on any atom is 0.191 e. The van der Waals surface area contributed by atoms with Gasteiger partial charge < -0.3 is 0 Å². The highest BCUT2D eigenvalue weighted by molar-refractivity contribution is 9.12. The average molecular weight is 307 g/mol. The molecular formula is C14H15BrN2O. The molecule has 0 fully saturated rings. The SMILES string of the molecule is O=C1C2=C(CCCCCC2)N=C2C=C(Br)C=N[C@H]12. The lowest BCUT2D eigenvalue weighted by molar-refractivity contribution is -0.115. The summed E-state index contributed by atoms with van der Waals surface area (Å²) in [6, 6.07) is -0.385. The number of nitrogens with zero attached hydrogens (tertiary/aromatic N) is 2. The van der Waals surface area contributed by atoms with Crippen LogP contribution in [0.1, 0.15) is 38.5 Å². The molecule has 3 nitrogen and oxygen atoms in total. The van der Waals surface area contributed by atoms with E-state index in [1.807, 2.05) is 6.08 Å². The monoisotopic (exact) mass is 306 g/mol. The van der Waals surface area contributed by atoms with Gasteiger partial charge in [-0.05, 0) is 47.7 Å². The van der Waals surface area contributed by atoms with Crippen LogP contribution in [-0.2, 0) is 4.79 Å². The number of carbonyl (C=O) groups is 1. The van der Waals surface area contributed by atoms with Gasteiger partial charge in [0.1, 0.15) is 0 Å². The second kappa shape index (κ2) is 4.92. The van der Waals surface area contributed by atoms with E-state index in [0.29, 0.717) is 0 Å². The van der Waals surface area contributed by atoms with Crippen molar-refractivity contribution in [2.75, 3.05) is 0 Å². The Morgan fingerprint density at radius 1 is 1.17 bits per heavy atom. The number of ketones is 1. The maximum absolute atomic E-state index is 12.5. The zero-order chi connectivity index (χ0) is 12.5. The summed E-state index contributed by atoms with van der Waals surface area (Å²) in [5, 5.41) is 0. The predicted molar refractivity (Wildman–Crippen MR) is 76.5 cm³/mol. The first-order chi connectivity index (χ1) is 8.75. The minimum atomic E-state index is -0.385. The van der Waals surface area contributed by atoms with Crippen molar-refractivity contribution in [3.8, 4) is 0 Å². The molecule has 0 saturated heterocycles. The van der Waals surface area contributed by atoms with Crippen LogP contribution < -0.4 is 0 Å². The lowest BCUT2D eigenvalue weighted by Gasteiger charge is -2.25. The van der Waals surface area contributed by atoms with E-state index in [2.05, 4.69) is 25.9 Å². The minimum absolute atomic E-state index is 0.171. The molecule has 0 aromatic heterocycles. The third-order valence-electron chi connectivity index (χ3n) is 3.66. The van der Waals surface area contributed by atoms with E-state index in [-0.39, 0.29) is 11.8 Å². The molecule has 0 amide bonds. The summed E-state index contributed by atoms with van der Waals surface area (Å²) < 4.78 is 0.889. The number of allylic oxidation sites excluding steroid dienone is 2. The van der Waals surface area contributed by atoms with Crippen LogP contribution in [0.3, 0.4) is 0 Å². The number of hydrogen-bond donors (Lipinski definition) is 0.